The molecule has 8 nitrogen and oxygen atoms in total. The van der Waals surface area contributed by atoms with E-state index >= 15 is 0 Å². The van der Waals surface area contributed by atoms with Gasteiger partial charge in [-0.1, -0.05) is 103 Å². The second-order valence-corrected chi connectivity index (χ2v) is 15.2. The van der Waals surface area contributed by atoms with Crippen molar-refractivity contribution in [3.63, 3.8) is 0 Å². The Morgan fingerprint density at radius 3 is 1.88 bits per heavy atom. The molecule has 0 aliphatic rings. The van der Waals surface area contributed by atoms with Crippen LogP contribution in [0.25, 0.3) is 83.1 Å². The molecule has 0 aliphatic carbocycles. The lowest BCUT2D eigenvalue weighted by atomic mass is 9.98. The largest absolute Gasteiger partial charge is 0.455 e. The monoisotopic (exact) mass is 781 g/mol. The number of carbonyl (C=O) groups excluding carboxylic acids is 2. The minimum absolute atomic E-state index is 0.177. The van der Waals surface area contributed by atoms with E-state index in [4.69, 9.17) is 9.40 Å². The molecule has 0 fully saturated rings. The number of furan rings is 1. The first kappa shape index (κ1) is 36.4. The van der Waals surface area contributed by atoms with E-state index in [0.717, 1.165) is 77.6 Å². The number of anilines is 2. The maximum atomic E-state index is 14.7. The Kier molecular flexibility index (Phi) is 8.95. The van der Waals surface area contributed by atoms with Crippen LogP contribution in [0.3, 0.4) is 0 Å². The summed E-state index contributed by atoms with van der Waals surface area (Å²) >= 11 is 0. The number of carbonyl (C=O) groups is 2. The number of pyridine rings is 1. The van der Waals surface area contributed by atoms with Crippen molar-refractivity contribution in [2.24, 2.45) is 0 Å². The van der Waals surface area contributed by atoms with Gasteiger partial charge in [-0.15, -0.1) is 0 Å². The second kappa shape index (κ2) is 14.8. The molecule has 3 amide bonds. The summed E-state index contributed by atoms with van der Waals surface area (Å²) in [5.74, 6) is -0.177. The van der Waals surface area contributed by atoms with E-state index < -0.39 is 0 Å². The predicted octanol–water partition coefficient (Wildman–Crippen LogP) is 12.4. The smallest absolute Gasteiger partial charge is 0.321 e. The SMILES string of the molecule is CN(C)C(=O)Nc1cccc(-c2cc(-c3ccc4oc5c(C(=O)N(C)c6ccccc6)cc(-n6c7ccccc7c7ccccc76)cc5c4c3)cc(-c3ccccc3)n2)c1. The average Bonchev–Trinajstić information content (AvgIpc) is 3.84. The number of urea groups is 1. The third-order valence-electron chi connectivity index (χ3n) is 11.1. The molecule has 0 unspecified atom stereocenters. The zero-order valence-corrected chi connectivity index (χ0v) is 33.3. The van der Waals surface area contributed by atoms with Crippen LogP contribution < -0.4 is 10.2 Å². The summed E-state index contributed by atoms with van der Waals surface area (Å²) in [6.45, 7) is 0. The molecule has 0 saturated heterocycles. The molecule has 10 aromatic rings. The number of amides is 3. The first-order valence-corrected chi connectivity index (χ1v) is 19.8. The zero-order valence-electron chi connectivity index (χ0n) is 33.3. The third kappa shape index (κ3) is 6.41. The maximum absolute atomic E-state index is 14.7. The Morgan fingerprint density at radius 2 is 1.18 bits per heavy atom. The van der Waals surface area contributed by atoms with Gasteiger partial charge in [0.2, 0.25) is 0 Å². The number of fused-ring (bicyclic) bond motifs is 6. The highest BCUT2D eigenvalue weighted by atomic mass is 16.3. The van der Waals surface area contributed by atoms with Crippen LogP contribution in [0.1, 0.15) is 10.4 Å². The molecule has 7 aromatic carbocycles. The number of rotatable bonds is 7. The summed E-state index contributed by atoms with van der Waals surface area (Å²) in [5.41, 5.74) is 11.4. The van der Waals surface area contributed by atoms with Crippen LogP contribution in [0, 0.1) is 0 Å². The summed E-state index contributed by atoms with van der Waals surface area (Å²) in [4.78, 5) is 35.5. The number of aromatic nitrogens is 2. The van der Waals surface area contributed by atoms with Crippen molar-refractivity contribution in [3.05, 3.63) is 181 Å². The average molecular weight is 782 g/mol. The van der Waals surface area contributed by atoms with Crippen molar-refractivity contribution >= 4 is 67.1 Å². The molecule has 0 bridgehead atoms. The van der Waals surface area contributed by atoms with E-state index in [1.165, 1.54) is 4.90 Å². The maximum Gasteiger partial charge on any atom is 0.321 e. The van der Waals surface area contributed by atoms with Gasteiger partial charge in [0.25, 0.3) is 5.91 Å². The van der Waals surface area contributed by atoms with Crippen LogP contribution in [0.2, 0.25) is 0 Å². The number of benzene rings is 7. The number of nitrogens with zero attached hydrogens (tertiary/aromatic N) is 4. The van der Waals surface area contributed by atoms with E-state index in [-0.39, 0.29) is 11.9 Å². The molecular weight excluding hydrogens is 743 g/mol. The lowest BCUT2D eigenvalue weighted by molar-refractivity contribution is 0.0993. The molecule has 3 aromatic heterocycles. The second-order valence-electron chi connectivity index (χ2n) is 15.2. The van der Waals surface area contributed by atoms with Gasteiger partial charge in [0.15, 0.2) is 0 Å². The van der Waals surface area contributed by atoms with Crippen molar-refractivity contribution in [2.45, 2.75) is 0 Å². The molecule has 1 N–H and O–H groups in total. The van der Waals surface area contributed by atoms with Gasteiger partial charge in [0.1, 0.15) is 11.2 Å². The fourth-order valence-corrected chi connectivity index (χ4v) is 8.07. The van der Waals surface area contributed by atoms with Gasteiger partial charge in [-0.3, -0.25) is 4.79 Å². The molecule has 10 rings (SSSR count). The van der Waals surface area contributed by atoms with Crippen LogP contribution in [0.5, 0.6) is 0 Å². The third-order valence-corrected chi connectivity index (χ3v) is 11.1. The highest BCUT2D eigenvalue weighted by molar-refractivity contribution is 6.19. The Hall–Kier alpha value is -7.97. The Balaban J connectivity index is 1.18. The van der Waals surface area contributed by atoms with Crippen molar-refractivity contribution in [1.29, 1.82) is 0 Å². The quantitative estimate of drug-likeness (QED) is 0.175. The number of para-hydroxylation sites is 3. The fourth-order valence-electron chi connectivity index (χ4n) is 8.07. The van der Waals surface area contributed by atoms with Crippen LogP contribution in [0.15, 0.2) is 180 Å². The molecule has 0 saturated carbocycles. The van der Waals surface area contributed by atoms with E-state index in [1.807, 2.05) is 97.1 Å². The van der Waals surface area contributed by atoms with E-state index in [2.05, 4.69) is 88.7 Å². The molecule has 60 heavy (non-hydrogen) atoms. The minimum atomic E-state index is -0.211. The highest BCUT2D eigenvalue weighted by Gasteiger charge is 2.24. The van der Waals surface area contributed by atoms with Gasteiger partial charge in [-0.25, -0.2) is 9.78 Å². The Bertz CT molecular complexity index is 3220. The van der Waals surface area contributed by atoms with Crippen molar-refractivity contribution in [3.8, 4) is 39.3 Å². The molecule has 0 atom stereocenters. The molecule has 0 radical (unpaired) electrons. The van der Waals surface area contributed by atoms with Gasteiger partial charge >= 0.3 is 6.03 Å². The number of hydrogen-bond acceptors (Lipinski definition) is 4. The van der Waals surface area contributed by atoms with Crippen LogP contribution in [-0.4, -0.2) is 47.5 Å². The highest BCUT2D eigenvalue weighted by Crippen LogP contribution is 2.40. The summed E-state index contributed by atoms with van der Waals surface area (Å²) in [6, 6.07) is 58.5. The molecule has 3 heterocycles. The van der Waals surface area contributed by atoms with Crippen molar-refractivity contribution < 1.29 is 14.0 Å². The summed E-state index contributed by atoms with van der Waals surface area (Å²) in [7, 11) is 5.22. The number of nitrogens with one attached hydrogen (secondary N) is 1. The van der Waals surface area contributed by atoms with Gasteiger partial charge in [-0.2, -0.15) is 0 Å². The fraction of sp³-hybridized carbons (Fsp3) is 0.0577. The van der Waals surface area contributed by atoms with Crippen LogP contribution >= 0.6 is 0 Å². The Morgan fingerprint density at radius 1 is 0.550 bits per heavy atom. The Labute approximate surface area is 346 Å². The minimum Gasteiger partial charge on any atom is -0.455 e. The number of hydrogen-bond donors (Lipinski definition) is 1. The van der Waals surface area contributed by atoms with E-state index in [1.54, 1.807) is 26.0 Å². The van der Waals surface area contributed by atoms with E-state index in [9.17, 15) is 9.59 Å². The van der Waals surface area contributed by atoms with Gasteiger partial charge in [0, 0.05) is 70.9 Å². The van der Waals surface area contributed by atoms with Crippen LogP contribution in [-0.2, 0) is 0 Å². The standard InChI is InChI=1S/C52H39N5O3/c1-55(2)52(59)53-37-18-14-17-35(27-37)46-30-36(29-45(54-46)33-15-6-4-7-16-33)34-25-26-49-42(28-34)43-31-39(57-47-23-12-10-21-40(47)41-22-11-13-24-48(41)57)32-44(50(43)60-49)51(58)56(3)38-19-8-5-9-20-38/h4-32H,1-3H3,(H,53,59). The summed E-state index contributed by atoms with van der Waals surface area (Å²) in [5, 5.41) is 6.95. The molecular formula is C52H39N5O3. The zero-order chi connectivity index (χ0) is 40.9. The predicted molar refractivity (Wildman–Crippen MR) is 244 cm³/mol. The van der Waals surface area contributed by atoms with Crippen LogP contribution in [0.4, 0.5) is 16.2 Å². The first-order chi connectivity index (χ1) is 29.3. The topological polar surface area (TPSA) is 83.6 Å². The summed E-state index contributed by atoms with van der Waals surface area (Å²) in [6.07, 6.45) is 0. The summed E-state index contributed by atoms with van der Waals surface area (Å²) < 4.78 is 8.91. The first-order valence-electron chi connectivity index (χ1n) is 19.8. The van der Waals surface area contributed by atoms with Gasteiger partial charge < -0.3 is 24.1 Å². The molecule has 0 aliphatic heterocycles. The lowest BCUT2D eigenvalue weighted by Gasteiger charge is -2.18. The lowest BCUT2D eigenvalue weighted by Crippen LogP contribution is -2.27. The van der Waals surface area contributed by atoms with Gasteiger partial charge in [0.05, 0.1) is 28.0 Å². The molecule has 8 heteroatoms. The normalized spacial score (nSPS) is 11.4. The molecule has 290 valence electrons. The van der Waals surface area contributed by atoms with Crippen molar-refractivity contribution in [1.82, 2.24) is 14.5 Å². The van der Waals surface area contributed by atoms with Gasteiger partial charge in [-0.05, 0) is 83.9 Å². The van der Waals surface area contributed by atoms with E-state index in [0.29, 0.717) is 22.4 Å². The van der Waals surface area contributed by atoms with Crippen molar-refractivity contribution in [2.75, 3.05) is 31.4 Å². The molecule has 0 spiro atoms.